The fraction of sp³-hybridized carbons (Fsp3) is 0.429. The lowest BCUT2D eigenvalue weighted by Gasteiger charge is -2.32. The Morgan fingerprint density at radius 3 is 2.63 bits per heavy atom. The molecule has 6 heteroatoms. The summed E-state index contributed by atoms with van der Waals surface area (Å²) < 4.78 is 6.43. The SMILES string of the molecule is Cc1ccc(C(=O)NC2CCN(C(=O)C3CC3c3cccc(Br)c3)CC2)o1. The van der Waals surface area contributed by atoms with Gasteiger partial charge in [0.25, 0.3) is 5.91 Å². The van der Waals surface area contributed by atoms with Crippen LogP contribution < -0.4 is 5.32 Å². The second-order valence-corrected chi connectivity index (χ2v) is 8.40. The molecule has 2 atom stereocenters. The van der Waals surface area contributed by atoms with Crippen LogP contribution in [0.3, 0.4) is 0 Å². The third kappa shape index (κ3) is 4.10. The van der Waals surface area contributed by atoms with Gasteiger partial charge >= 0.3 is 0 Å². The van der Waals surface area contributed by atoms with Crippen LogP contribution in [0.1, 0.15) is 47.1 Å². The predicted molar refractivity (Wildman–Crippen MR) is 106 cm³/mol. The molecule has 2 amide bonds. The molecular formula is C21H23BrN2O3. The number of amides is 2. The van der Waals surface area contributed by atoms with E-state index in [1.54, 1.807) is 12.1 Å². The Morgan fingerprint density at radius 2 is 1.96 bits per heavy atom. The number of nitrogens with zero attached hydrogens (tertiary/aromatic N) is 1. The van der Waals surface area contributed by atoms with Crippen molar-refractivity contribution in [1.29, 1.82) is 0 Å². The first-order valence-corrected chi connectivity index (χ1v) is 10.2. The van der Waals surface area contributed by atoms with Gasteiger partial charge in [0.15, 0.2) is 5.76 Å². The predicted octanol–water partition coefficient (Wildman–Crippen LogP) is 3.88. The number of piperidine rings is 1. The van der Waals surface area contributed by atoms with Crippen molar-refractivity contribution in [2.75, 3.05) is 13.1 Å². The van der Waals surface area contributed by atoms with E-state index in [0.717, 1.165) is 29.5 Å². The van der Waals surface area contributed by atoms with Crippen LogP contribution in [0.25, 0.3) is 0 Å². The van der Waals surface area contributed by atoms with E-state index in [1.165, 1.54) is 5.56 Å². The molecule has 5 nitrogen and oxygen atoms in total. The summed E-state index contributed by atoms with van der Waals surface area (Å²) in [6, 6.07) is 11.8. The summed E-state index contributed by atoms with van der Waals surface area (Å²) in [4.78, 5) is 27.0. The highest BCUT2D eigenvalue weighted by Crippen LogP contribution is 2.49. The monoisotopic (exact) mass is 430 g/mol. The summed E-state index contributed by atoms with van der Waals surface area (Å²) >= 11 is 3.50. The summed E-state index contributed by atoms with van der Waals surface area (Å²) in [6.45, 7) is 3.21. The smallest absolute Gasteiger partial charge is 0.287 e. The van der Waals surface area contributed by atoms with E-state index in [0.29, 0.717) is 24.8 Å². The number of furan rings is 1. The van der Waals surface area contributed by atoms with Gasteiger partial charge in [-0.2, -0.15) is 0 Å². The van der Waals surface area contributed by atoms with Gasteiger partial charge in [0, 0.05) is 29.5 Å². The van der Waals surface area contributed by atoms with Crippen LogP contribution >= 0.6 is 15.9 Å². The van der Waals surface area contributed by atoms with Crippen molar-refractivity contribution in [2.24, 2.45) is 5.92 Å². The number of carbonyl (C=O) groups excluding carboxylic acids is 2. The van der Waals surface area contributed by atoms with Crippen molar-refractivity contribution >= 4 is 27.7 Å². The first-order valence-electron chi connectivity index (χ1n) is 9.43. The van der Waals surface area contributed by atoms with Gasteiger partial charge in [-0.05, 0) is 61.9 Å². The maximum atomic E-state index is 12.8. The average Bonchev–Trinajstić information content (AvgIpc) is 3.35. The van der Waals surface area contributed by atoms with Crippen LogP contribution in [-0.4, -0.2) is 35.8 Å². The Kier molecular flexibility index (Phi) is 5.08. The zero-order chi connectivity index (χ0) is 19.0. The van der Waals surface area contributed by atoms with Gasteiger partial charge in [-0.3, -0.25) is 9.59 Å². The molecule has 1 aliphatic carbocycles. The van der Waals surface area contributed by atoms with Gasteiger partial charge in [0.1, 0.15) is 5.76 Å². The van der Waals surface area contributed by atoms with Crippen LogP contribution in [0.5, 0.6) is 0 Å². The van der Waals surface area contributed by atoms with Crippen molar-refractivity contribution in [3.8, 4) is 0 Å². The number of nitrogens with one attached hydrogen (secondary N) is 1. The van der Waals surface area contributed by atoms with Gasteiger partial charge in [-0.15, -0.1) is 0 Å². The molecule has 4 rings (SSSR count). The molecule has 2 aromatic rings. The molecular weight excluding hydrogens is 408 g/mol. The second-order valence-electron chi connectivity index (χ2n) is 7.49. The van der Waals surface area contributed by atoms with Crippen LogP contribution in [0, 0.1) is 12.8 Å². The van der Waals surface area contributed by atoms with Crippen molar-refractivity contribution < 1.29 is 14.0 Å². The average molecular weight is 431 g/mol. The molecule has 2 aliphatic rings. The summed E-state index contributed by atoms with van der Waals surface area (Å²) in [5.41, 5.74) is 1.23. The topological polar surface area (TPSA) is 62.6 Å². The molecule has 2 unspecified atom stereocenters. The van der Waals surface area contributed by atoms with Gasteiger partial charge in [0.2, 0.25) is 5.91 Å². The van der Waals surface area contributed by atoms with Crippen molar-refractivity contribution in [3.63, 3.8) is 0 Å². The van der Waals surface area contributed by atoms with E-state index < -0.39 is 0 Å². The van der Waals surface area contributed by atoms with Crippen molar-refractivity contribution in [2.45, 2.75) is 38.1 Å². The molecule has 2 heterocycles. The van der Waals surface area contributed by atoms with E-state index >= 15 is 0 Å². The second kappa shape index (κ2) is 7.50. The molecule has 2 fully saturated rings. The number of hydrogen-bond acceptors (Lipinski definition) is 3. The molecule has 0 radical (unpaired) electrons. The lowest BCUT2D eigenvalue weighted by molar-refractivity contribution is -0.133. The number of carbonyl (C=O) groups is 2. The largest absolute Gasteiger partial charge is 0.456 e. The third-order valence-corrected chi connectivity index (χ3v) is 5.98. The van der Waals surface area contributed by atoms with E-state index in [1.807, 2.05) is 24.0 Å². The minimum Gasteiger partial charge on any atom is -0.456 e. The molecule has 0 spiro atoms. The maximum Gasteiger partial charge on any atom is 0.287 e. The first-order chi connectivity index (χ1) is 13.0. The Hall–Kier alpha value is -2.08. The van der Waals surface area contributed by atoms with E-state index in [9.17, 15) is 9.59 Å². The van der Waals surface area contributed by atoms with E-state index in [-0.39, 0.29) is 23.8 Å². The lowest BCUT2D eigenvalue weighted by Crippen LogP contribution is -2.47. The highest BCUT2D eigenvalue weighted by molar-refractivity contribution is 9.10. The molecule has 1 aliphatic heterocycles. The summed E-state index contributed by atoms with van der Waals surface area (Å²) in [5.74, 6) is 1.60. The fourth-order valence-corrected chi connectivity index (χ4v) is 4.28. The van der Waals surface area contributed by atoms with Crippen LogP contribution in [0.15, 0.2) is 45.3 Å². The summed E-state index contributed by atoms with van der Waals surface area (Å²) in [5, 5.41) is 3.02. The molecule has 1 aromatic heterocycles. The zero-order valence-corrected chi connectivity index (χ0v) is 16.9. The van der Waals surface area contributed by atoms with Crippen LogP contribution in [0.2, 0.25) is 0 Å². The Balaban J connectivity index is 1.27. The van der Waals surface area contributed by atoms with Crippen molar-refractivity contribution in [1.82, 2.24) is 10.2 Å². The maximum absolute atomic E-state index is 12.8. The number of halogens is 1. The van der Waals surface area contributed by atoms with Gasteiger partial charge in [0.05, 0.1) is 0 Å². The summed E-state index contributed by atoms with van der Waals surface area (Å²) in [6.07, 6.45) is 2.50. The number of rotatable bonds is 4. The molecule has 1 saturated heterocycles. The molecule has 27 heavy (non-hydrogen) atoms. The standard InChI is InChI=1S/C21H23BrN2O3/c1-13-5-6-19(27-13)20(25)23-16-7-9-24(10-8-16)21(26)18-12-17(18)14-3-2-4-15(22)11-14/h2-6,11,16-18H,7-10,12H2,1H3,(H,23,25). The zero-order valence-electron chi connectivity index (χ0n) is 15.3. The lowest BCUT2D eigenvalue weighted by atomic mass is 10.0. The van der Waals surface area contributed by atoms with Gasteiger partial charge < -0.3 is 14.6 Å². The van der Waals surface area contributed by atoms with E-state index in [2.05, 4.69) is 33.4 Å². The third-order valence-electron chi connectivity index (χ3n) is 5.49. The Bertz CT molecular complexity index is 855. The fourth-order valence-electron chi connectivity index (χ4n) is 3.87. The minimum absolute atomic E-state index is 0.0898. The molecule has 142 valence electrons. The normalized spacial score (nSPS) is 22.5. The van der Waals surface area contributed by atoms with E-state index in [4.69, 9.17) is 4.42 Å². The number of likely N-dealkylation sites (tertiary alicyclic amines) is 1. The quantitative estimate of drug-likeness (QED) is 0.800. The molecule has 1 saturated carbocycles. The highest BCUT2D eigenvalue weighted by Gasteiger charge is 2.46. The first kappa shape index (κ1) is 18.3. The Morgan fingerprint density at radius 1 is 1.19 bits per heavy atom. The minimum atomic E-state index is -0.176. The molecule has 0 bridgehead atoms. The Labute approximate surface area is 167 Å². The van der Waals surface area contributed by atoms with Crippen LogP contribution in [-0.2, 0) is 4.79 Å². The molecule has 1 N–H and O–H groups in total. The molecule has 1 aromatic carbocycles. The number of aryl methyl sites for hydroxylation is 1. The number of benzene rings is 1. The highest BCUT2D eigenvalue weighted by atomic mass is 79.9. The van der Waals surface area contributed by atoms with Crippen molar-refractivity contribution in [3.05, 3.63) is 58.0 Å². The number of hydrogen-bond donors (Lipinski definition) is 1. The van der Waals surface area contributed by atoms with Gasteiger partial charge in [-0.1, -0.05) is 28.1 Å². The summed E-state index contributed by atoms with van der Waals surface area (Å²) in [7, 11) is 0. The van der Waals surface area contributed by atoms with Crippen LogP contribution in [0.4, 0.5) is 0 Å². The van der Waals surface area contributed by atoms with Gasteiger partial charge in [-0.25, -0.2) is 0 Å².